The number of anilines is 1. The Morgan fingerprint density at radius 3 is 2.17 bits per heavy atom. The lowest BCUT2D eigenvalue weighted by atomic mass is 9.85. The number of amides is 1. The van der Waals surface area contributed by atoms with Gasteiger partial charge in [0.1, 0.15) is 11.6 Å². The summed E-state index contributed by atoms with van der Waals surface area (Å²) in [6.07, 6.45) is 0. The quantitative estimate of drug-likeness (QED) is 0.243. The van der Waals surface area contributed by atoms with Crippen molar-refractivity contribution in [1.29, 1.82) is 0 Å². The van der Waals surface area contributed by atoms with Crippen LogP contribution >= 0.6 is 11.6 Å². The zero-order valence-electron chi connectivity index (χ0n) is 20.3. The fourth-order valence-corrected chi connectivity index (χ4v) is 4.43. The first kappa shape index (κ1) is 24.7. The van der Waals surface area contributed by atoms with Crippen molar-refractivity contribution in [3.8, 4) is 0 Å². The van der Waals surface area contributed by atoms with Gasteiger partial charge in [-0.3, -0.25) is 14.5 Å². The number of ketones is 1. The fourth-order valence-electron chi connectivity index (χ4n) is 4.26. The minimum atomic E-state index is -0.910. The Labute approximate surface area is 209 Å². The molecule has 6 heteroatoms. The molecule has 35 heavy (non-hydrogen) atoms. The predicted octanol–water partition coefficient (Wildman–Crippen LogP) is 7.02. The third-order valence-corrected chi connectivity index (χ3v) is 6.79. The average Bonchev–Trinajstić information content (AvgIpc) is 3.07. The molecule has 3 aromatic rings. The highest BCUT2D eigenvalue weighted by atomic mass is 35.5. The maximum absolute atomic E-state index is 13.9. The molecule has 1 atom stereocenters. The topological polar surface area (TPSA) is 57.6 Å². The van der Waals surface area contributed by atoms with Crippen molar-refractivity contribution in [2.75, 3.05) is 4.90 Å². The van der Waals surface area contributed by atoms with Crippen LogP contribution in [0.5, 0.6) is 0 Å². The van der Waals surface area contributed by atoms with Crippen LogP contribution in [0.1, 0.15) is 54.6 Å². The van der Waals surface area contributed by atoms with Gasteiger partial charge in [-0.25, -0.2) is 4.39 Å². The number of hydrogen-bond acceptors (Lipinski definition) is 3. The summed E-state index contributed by atoms with van der Waals surface area (Å²) in [5, 5.41) is 11.1. The molecule has 1 unspecified atom stereocenters. The van der Waals surface area contributed by atoms with Gasteiger partial charge in [0.05, 0.1) is 16.6 Å². The van der Waals surface area contributed by atoms with Crippen LogP contribution in [0.4, 0.5) is 10.1 Å². The van der Waals surface area contributed by atoms with Gasteiger partial charge in [-0.15, -0.1) is 0 Å². The molecule has 0 aliphatic carbocycles. The predicted molar refractivity (Wildman–Crippen MR) is 137 cm³/mol. The van der Waals surface area contributed by atoms with E-state index in [0.717, 1.165) is 22.8 Å². The Bertz CT molecular complexity index is 1370. The molecule has 1 aliphatic heterocycles. The van der Waals surface area contributed by atoms with Crippen molar-refractivity contribution in [2.24, 2.45) is 0 Å². The number of rotatable bonds is 3. The van der Waals surface area contributed by atoms with Gasteiger partial charge in [0.25, 0.3) is 11.7 Å². The standard InChI is InChI=1S/C29H27ClFNO3/c1-16-6-7-19(14-17(16)2)26(33)24-25(18-8-10-20(11-9-18)29(3,4)5)32(28(35)27(24)34)21-12-13-23(31)22(30)15-21/h6-15,25,33H,1-5H3/b26-24+. The molecular weight excluding hydrogens is 465 g/mol. The molecule has 1 fully saturated rings. The second kappa shape index (κ2) is 8.97. The summed E-state index contributed by atoms with van der Waals surface area (Å²) in [6, 6.07) is 15.9. The van der Waals surface area contributed by atoms with E-state index in [9.17, 15) is 19.1 Å². The van der Waals surface area contributed by atoms with Crippen molar-refractivity contribution in [3.05, 3.63) is 105 Å². The molecule has 0 spiro atoms. The number of aliphatic hydroxyl groups excluding tert-OH is 1. The smallest absolute Gasteiger partial charge is 0.300 e. The Hall–Kier alpha value is -3.44. The second-order valence-corrected chi connectivity index (χ2v) is 10.3. The Kier molecular flexibility index (Phi) is 6.32. The summed E-state index contributed by atoms with van der Waals surface area (Å²) in [6.45, 7) is 10.1. The summed E-state index contributed by atoms with van der Waals surface area (Å²) in [7, 11) is 0. The third kappa shape index (κ3) is 4.48. The Morgan fingerprint density at radius 1 is 0.943 bits per heavy atom. The van der Waals surface area contributed by atoms with Crippen LogP contribution < -0.4 is 4.90 Å². The summed E-state index contributed by atoms with van der Waals surface area (Å²) < 4.78 is 13.9. The summed E-state index contributed by atoms with van der Waals surface area (Å²) >= 11 is 6.01. The molecule has 1 amide bonds. The van der Waals surface area contributed by atoms with Gasteiger partial charge in [0.15, 0.2) is 0 Å². The summed E-state index contributed by atoms with van der Waals surface area (Å²) in [5.74, 6) is -2.52. The highest BCUT2D eigenvalue weighted by Gasteiger charge is 2.47. The number of carbonyl (C=O) groups is 2. The van der Waals surface area contributed by atoms with E-state index in [2.05, 4.69) is 20.8 Å². The van der Waals surface area contributed by atoms with Crippen molar-refractivity contribution >= 4 is 34.7 Å². The Balaban J connectivity index is 1.95. The molecule has 1 saturated heterocycles. The monoisotopic (exact) mass is 491 g/mol. The highest BCUT2D eigenvalue weighted by Crippen LogP contribution is 2.43. The number of aliphatic hydroxyl groups is 1. The molecule has 1 N–H and O–H groups in total. The average molecular weight is 492 g/mol. The number of carbonyl (C=O) groups excluding carboxylic acids is 2. The van der Waals surface area contributed by atoms with Crippen LogP contribution in [0, 0.1) is 19.7 Å². The highest BCUT2D eigenvalue weighted by molar-refractivity contribution is 6.51. The number of benzene rings is 3. The van der Waals surface area contributed by atoms with Crippen LogP contribution in [-0.4, -0.2) is 16.8 Å². The normalized spacial score (nSPS) is 17.8. The van der Waals surface area contributed by atoms with E-state index in [1.807, 2.05) is 44.2 Å². The molecule has 0 aromatic heterocycles. The molecule has 0 saturated carbocycles. The maximum Gasteiger partial charge on any atom is 0.300 e. The minimum absolute atomic E-state index is 0.0257. The van der Waals surface area contributed by atoms with Crippen molar-refractivity contribution in [1.82, 2.24) is 0 Å². The van der Waals surface area contributed by atoms with Gasteiger partial charge in [-0.1, -0.05) is 68.8 Å². The number of nitrogens with zero attached hydrogens (tertiary/aromatic N) is 1. The van der Waals surface area contributed by atoms with Crippen molar-refractivity contribution in [3.63, 3.8) is 0 Å². The molecule has 4 rings (SSSR count). The zero-order chi connectivity index (χ0) is 25.7. The van der Waals surface area contributed by atoms with Crippen molar-refractivity contribution < 1.29 is 19.1 Å². The Morgan fingerprint density at radius 2 is 1.60 bits per heavy atom. The van der Waals surface area contributed by atoms with E-state index in [0.29, 0.717) is 11.1 Å². The van der Waals surface area contributed by atoms with Crippen LogP contribution in [0.15, 0.2) is 66.2 Å². The van der Waals surface area contributed by atoms with E-state index in [4.69, 9.17) is 11.6 Å². The van der Waals surface area contributed by atoms with E-state index in [1.54, 1.807) is 12.1 Å². The first-order valence-corrected chi connectivity index (χ1v) is 11.7. The lowest BCUT2D eigenvalue weighted by Crippen LogP contribution is -2.29. The first-order chi connectivity index (χ1) is 16.4. The largest absolute Gasteiger partial charge is 0.507 e. The van der Waals surface area contributed by atoms with Gasteiger partial charge in [0, 0.05) is 11.3 Å². The van der Waals surface area contributed by atoms with Crippen LogP contribution in [0.25, 0.3) is 5.76 Å². The second-order valence-electron chi connectivity index (χ2n) is 9.94. The summed E-state index contributed by atoms with van der Waals surface area (Å²) in [5.41, 5.74) is 4.30. The molecular formula is C29H27ClFNO3. The van der Waals surface area contributed by atoms with Gasteiger partial charge < -0.3 is 5.11 Å². The minimum Gasteiger partial charge on any atom is -0.507 e. The molecule has 1 heterocycles. The summed E-state index contributed by atoms with van der Waals surface area (Å²) in [4.78, 5) is 27.8. The van der Waals surface area contributed by atoms with Gasteiger partial charge in [-0.2, -0.15) is 0 Å². The zero-order valence-corrected chi connectivity index (χ0v) is 21.1. The number of halogens is 2. The number of hydrogen-bond donors (Lipinski definition) is 1. The molecule has 0 radical (unpaired) electrons. The molecule has 180 valence electrons. The maximum atomic E-state index is 13.9. The van der Waals surface area contributed by atoms with Gasteiger partial charge >= 0.3 is 0 Å². The van der Waals surface area contributed by atoms with Crippen LogP contribution in [-0.2, 0) is 15.0 Å². The molecule has 0 bridgehead atoms. The first-order valence-electron chi connectivity index (χ1n) is 11.3. The number of Topliss-reactive ketones (excluding diaryl/α,β-unsaturated/α-hetero) is 1. The van der Waals surface area contributed by atoms with E-state index >= 15 is 0 Å². The SMILES string of the molecule is Cc1ccc(/C(O)=C2\C(=O)C(=O)N(c3ccc(F)c(Cl)c3)C2c2ccc(C(C)(C)C)cc2)cc1C. The van der Waals surface area contributed by atoms with Crippen molar-refractivity contribution in [2.45, 2.75) is 46.1 Å². The lowest BCUT2D eigenvalue weighted by Gasteiger charge is -2.27. The van der Waals surface area contributed by atoms with E-state index in [1.165, 1.54) is 17.0 Å². The van der Waals surface area contributed by atoms with Crippen LogP contribution in [0.2, 0.25) is 5.02 Å². The fraction of sp³-hybridized carbons (Fsp3) is 0.241. The van der Waals surface area contributed by atoms with Gasteiger partial charge in [0.2, 0.25) is 0 Å². The third-order valence-electron chi connectivity index (χ3n) is 6.50. The lowest BCUT2D eigenvalue weighted by molar-refractivity contribution is -0.132. The van der Waals surface area contributed by atoms with E-state index < -0.39 is 23.5 Å². The molecule has 1 aliphatic rings. The van der Waals surface area contributed by atoms with E-state index in [-0.39, 0.29) is 27.5 Å². The number of aryl methyl sites for hydroxylation is 2. The molecule has 3 aromatic carbocycles. The van der Waals surface area contributed by atoms with Gasteiger partial charge in [-0.05, 0) is 65.8 Å². The van der Waals surface area contributed by atoms with Crippen LogP contribution in [0.3, 0.4) is 0 Å². The molecule has 4 nitrogen and oxygen atoms in total.